The summed E-state index contributed by atoms with van der Waals surface area (Å²) in [5, 5.41) is 4.90. The van der Waals surface area contributed by atoms with Crippen LogP contribution in [0.1, 0.15) is 0 Å². The summed E-state index contributed by atoms with van der Waals surface area (Å²) >= 11 is 13.2. The molecule has 0 aliphatic carbocycles. The van der Waals surface area contributed by atoms with Gasteiger partial charge in [0.05, 0.1) is 11.4 Å². The van der Waals surface area contributed by atoms with E-state index in [1.54, 1.807) is 11.3 Å². The lowest BCUT2D eigenvalue weighted by atomic mass is 10.2. The maximum atomic E-state index is 12.1. The van der Waals surface area contributed by atoms with Crippen LogP contribution in [0.5, 0.6) is 0 Å². The van der Waals surface area contributed by atoms with Gasteiger partial charge in [-0.25, -0.2) is 4.98 Å². The Morgan fingerprint density at radius 3 is 2.56 bits per heavy atom. The number of thioether (sulfide) groups is 1. The van der Waals surface area contributed by atoms with Gasteiger partial charge in [0, 0.05) is 30.0 Å². The number of amides is 1. The molecule has 0 radical (unpaired) electrons. The number of thiazole rings is 1. The maximum absolute atomic E-state index is 12.1. The number of nitrogens with zero attached hydrogens (tertiary/aromatic N) is 1. The molecule has 1 heterocycles. The summed E-state index contributed by atoms with van der Waals surface area (Å²) in [6.45, 7) is 0. The summed E-state index contributed by atoms with van der Waals surface area (Å²) in [5.41, 5.74) is 2.75. The van der Waals surface area contributed by atoms with Crippen molar-refractivity contribution in [1.29, 1.82) is 0 Å². The van der Waals surface area contributed by atoms with Crippen molar-refractivity contribution in [3.63, 3.8) is 0 Å². The first-order chi connectivity index (χ1) is 12.0. The van der Waals surface area contributed by atoms with Gasteiger partial charge in [-0.2, -0.15) is 0 Å². The first-order valence-electron chi connectivity index (χ1n) is 7.10. The molecule has 0 aliphatic rings. The lowest BCUT2D eigenvalue weighted by molar-refractivity contribution is -0.113. The summed E-state index contributed by atoms with van der Waals surface area (Å²) < 4.78 is 3.77. The smallest absolute Gasteiger partial charge is 0.234 e. The Labute approximate surface area is 179 Å². The minimum absolute atomic E-state index is 0.0559. The number of rotatable bonds is 5. The van der Waals surface area contributed by atoms with E-state index in [0.717, 1.165) is 34.7 Å². The largest absolute Gasteiger partial charge is 0.325 e. The minimum Gasteiger partial charge on any atom is -0.325 e. The molecule has 3 nitrogen and oxygen atoms in total. The van der Waals surface area contributed by atoms with Crippen molar-refractivity contribution in [3.05, 3.63) is 61.3 Å². The van der Waals surface area contributed by atoms with Gasteiger partial charge in [-0.05, 0) is 62.2 Å². The second-order valence-corrected chi connectivity index (χ2v) is 9.68. The van der Waals surface area contributed by atoms with E-state index in [2.05, 4.69) is 58.1 Å². The summed E-state index contributed by atoms with van der Waals surface area (Å²) in [5.74, 6) is 0.264. The van der Waals surface area contributed by atoms with Crippen molar-refractivity contribution in [1.82, 2.24) is 4.98 Å². The van der Waals surface area contributed by atoms with Crippen LogP contribution in [0.2, 0.25) is 0 Å². The van der Waals surface area contributed by atoms with E-state index in [4.69, 9.17) is 0 Å². The molecule has 1 amide bonds. The molecule has 2 aromatic carbocycles. The molecule has 0 fully saturated rings. The first kappa shape index (κ1) is 19.1. The number of aromatic nitrogens is 1. The minimum atomic E-state index is -0.0559. The molecular formula is C17H11Br3N2OS2. The van der Waals surface area contributed by atoms with Crippen LogP contribution in [-0.2, 0) is 4.79 Å². The molecule has 1 aromatic heterocycles. The molecule has 0 aliphatic heterocycles. The van der Waals surface area contributed by atoms with Gasteiger partial charge in [-0.15, -0.1) is 11.3 Å². The first-order valence-corrected chi connectivity index (χ1v) is 11.3. The van der Waals surface area contributed by atoms with E-state index in [1.807, 2.05) is 47.8 Å². The Balaban J connectivity index is 1.57. The predicted octanol–water partition coefficient (Wildman–Crippen LogP) is 6.83. The lowest BCUT2D eigenvalue weighted by Gasteiger charge is -2.05. The quantitative estimate of drug-likeness (QED) is 0.347. The number of halogens is 3. The van der Waals surface area contributed by atoms with Gasteiger partial charge in [-0.1, -0.05) is 39.8 Å². The highest BCUT2D eigenvalue weighted by molar-refractivity contribution is 9.13. The zero-order valence-corrected chi connectivity index (χ0v) is 19.0. The third-order valence-corrected chi connectivity index (χ3v) is 7.58. The molecule has 0 unspecified atom stereocenters. The molecule has 0 bridgehead atoms. The van der Waals surface area contributed by atoms with E-state index >= 15 is 0 Å². The predicted molar refractivity (Wildman–Crippen MR) is 116 cm³/mol. The van der Waals surface area contributed by atoms with E-state index < -0.39 is 0 Å². The highest BCUT2D eigenvalue weighted by atomic mass is 79.9. The van der Waals surface area contributed by atoms with Crippen molar-refractivity contribution in [2.45, 2.75) is 4.34 Å². The van der Waals surface area contributed by atoms with Crippen LogP contribution >= 0.6 is 70.9 Å². The highest BCUT2D eigenvalue weighted by Gasteiger charge is 2.09. The fourth-order valence-corrected chi connectivity index (χ4v) is 4.50. The van der Waals surface area contributed by atoms with Crippen molar-refractivity contribution in [2.75, 3.05) is 11.1 Å². The Morgan fingerprint density at radius 2 is 1.84 bits per heavy atom. The molecule has 0 atom stereocenters. The summed E-state index contributed by atoms with van der Waals surface area (Å²) in [6.07, 6.45) is 0. The molecule has 0 saturated carbocycles. The monoisotopic (exact) mass is 560 g/mol. The van der Waals surface area contributed by atoms with Crippen LogP contribution in [0.4, 0.5) is 5.69 Å². The Hall–Kier alpha value is -0.670. The van der Waals surface area contributed by atoms with Crippen LogP contribution in [0.25, 0.3) is 11.3 Å². The standard InChI is InChI=1S/C17H11Br3N2OS2/c18-11-3-1-10(2-4-11)15-8-24-17(22-15)25-9-16(23)21-12-5-6-13(19)14(20)7-12/h1-8H,9H2,(H,21,23). The van der Waals surface area contributed by atoms with Crippen LogP contribution < -0.4 is 5.32 Å². The molecular weight excluding hydrogens is 552 g/mol. The van der Waals surface area contributed by atoms with E-state index in [-0.39, 0.29) is 5.91 Å². The van der Waals surface area contributed by atoms with Crippen molar-refractivity contribution >= 4 is 82.5 Å². The van der Waals surface area contributed by atoms with Crippen LogP contribution in [-0.4, -0.2) is 16.6 Å². The fourth-order valence-electron chi connectivity index (χ4n) is 1.98. The second kappa shape index (κ2) is 8.81. The van der Waals surface area contributed by atoms with Crippen molar-refractivity contribution in [2.24, 2.45) is 0 Å². The number of anilines is 1. The molecule has 1 N–H and O–H groups in total. The molecule has 3 aromatic rings. The summed E-state index contributed by atoms with van der Waals surface area (Å²) in [4.78, 5) is 16.7. The molecule has 128 valence electrons. The number of hydrogen-bond acceptors (Lipinski definition) is 4. The van der Waals surface area contributed by atoms with Crippen molar-refractivity contribution in [3.8, 4) is 11.3 Å². The van der Waals surface area contributed by atoms with Gasteiger partial charge in [0.15, 0.2) is 4.34 Å². The van der Waals surface area contributed by atoms with Crippen LogP contribution in [0.15, 0.2) is 65.6 Å². The Morgan fingerprint density at radius 1 is 1.08 bits per heavy atom. The second-order valence-electron chi connectivity index (χ2n) is 4.97. The zero-order chi connectivity index (χ0) is 17.8. The number of nitrogens with one attached hydrogen (secondary N) is 1. The Bertz CT molecular complexity index is 897. The van der Waals surface area contributed by atoms with E-state index in [0.29, 0.717) is 5.75 Å². The molecule has 3 rings (SSSR count). The van der Waals surface area contributed by atoms with Gasteiger partial charge >= 0.3 is 0 Å². The molecule has 8 heteroatoms. The zero-order valence-electron chi connectivity index (χ0n) is 12.6. The number of carbonyl (C=O) groups is 1. The molecule has 25 heavy (non-hydrogen) atoms. The normalized spacial score (nSPS) is 10.7. The van der Waals surface area contributed by atoms with Crippen LogP contribution in [0.3, 0.4) is 0 Å². The van der Waals surface area contributed by atoms with Gasteiger partial charge in [0.1, 0.15) is 0 Å². The summed E-state index contributed by atoms with van der Waals surface area (Å²) in [7, 11) is 0. The third-order valence-electron chi connectivity index (χ3n) is 3.15. The highest BCUT2D eigenvalue weighted by Crippen LogP contribution is 2.29. The summed E-state index contributed by atoms with van der Waals surface area (Å²) in [6, 6.07) is 13.6. The molecule has 0 saturated heterocycles. The molecule has 0 spiro atoms. The number of benzene rings is 2. The van der Waals surface area contributed by atoms with Gasteiger partial charge in [-0.3, -0.25) is 4.79 Å². The average Bonchev–Trinajstić information content (AvgIpc) is 3.06. The topological polar surface area (TPSA) is 42.0 Å². The SMILES string of the molecule is O=C(CSc1nc(-c2ccc(Br)cc2)cs1)Nc1ccc(Br)c(Br)c1. The third kappa shape index (κ3) is 5.40. The van der Waals surface area contributed by atoms with E-state index in [1.165, 1.54) is 11.8 Å². The Kier molecular flexibility index (Phi) is 6.73. The van der Waals surface area contributed by atoms with E-state index in [9.17, 15) is 4.79 Å². The number of hydrogen-bond donors (Lipinski definition) is 1. The lowest BCUT2D eigenvalue weighted by Crippen LogP contribution is -2.13. The fraction of sp³-hybridized carbons (Fsp3) is 0.0588. The maximum Gasteiger partial charge on any atom is 0.234 e. The van der Waals surface area contributed by atoms with Crippen molar-refractivity contribution < 1.29 is 4.79 Å². The van der Waals surface area contributed by atoms with Gasteiger partial charge in [0.25, 0.3) is 0 Å². The van der Waals surface area contributed by atoms with Crippen LogP contribution in [0, 0.1) is 0 Å². The number of carbonyl (C=O) groups excluding carboxylic acids is 1. The van der Waals surface area contributed by atoms with Gasteiger partial charge < -0.3 is 5.32 Å². The average molecular weight is 563 g/mol. The van der Waals surface area contributed by atoms with Gasteiger partial charge in [0.2, 0.25) is 5.91 Å².